The zero-order chi connectivity index (χ0) is 31.3. The van der Waals surface area contributed by atoms with Gasteiger partial charge in [0.05, 0.1) is 5.92 Å². The van der Waals surface area contributed by atoms with E-state index in [1.807, 2.05) is 71.9 Å². The van der Waals surface area contributed by atoms with E-state index in [1.165, 1.54) is 0 Å². The average Bonchev–Trinajstić information content (AvgIpc) is 2.86. The number of hydrogen-bond acceptors (Lipinski definition) is 7. The van der Waals surface area contributed by atoms with E-state index in [4.69, 9.17) is 19.3 Å². The van der Waals surface area contributed by atoms with Crippen LogP contribution in [0.3, 0.4) is 0 Å². The number of hydrogen-bond donors (Lipinski definition) is 1. The number of carboxylic acid groups (broad SMARTS) is 1. The lowest BCUT2D eigenvalue weighted by molar-refractivity contribution is -0.158. The molecule has 8 nitrogen and oxygen atoms in total. The zero-order valence-electron chi connectivity index (χ0n) is 26.5. The fourth-order valence-electron chi connectivity index (χ4n) is 5.74. The second-order valence-electron chi connectivity index (χ2n) is 13.9. The molecule has 2 aliphatic carbocycles. The third kappa shape index (κ3) is 15.4. The molecule has 236 valence electrons. The molecule has 2 saturated carbocycles. The van der Waals surface area contributed by atoms with Gasteiger partial charge >= 0.3 is 23.9 Å². The van der Waals surface area contributed by atoms with Crippen LogP contribution in [0.25, 0.3) is 0 Å². The van der Waals surface area contributed by atoms with Gasteiger partial charge in [-0.2, -0.15) is 0 Å². The van der Waals surface area contributed by atoms with Crippen molar-refractivity contribution in [2.75, 3.05) is 0 Å². The Morgan fingerprint density at radius 3 is 1.62 bits per heavy atom. The van der Waals surface area contributed by atoms with Crippen molar-refractivity contribution >= 4 is 23.9 Å². The van der Waals surface area contributed by atoms with Crippen molar-refractivity contribution in [2.45, 2.75) is 130 Å². The SMILES string of the molecule is CC(C)(C)OC(=O)C[C@@H]1CCC[C@H](C(=O)O)C1.CC(C)(C)OC(=O)C[C@@H]1CCC[C@H](CC(=O)OCc2ccccc2)C1. The first-order valence-corrected chi connectivity index (χ1v) is 15.5. The number of carboxylic acids is 1. The molecule has 1 aromatic carbocycles. The molecular formula is C34H52O8. The van der Waals surface area contributed by atoms with E-state index >= 15 is 0 Å². The molecule has 0 aliphatic heterocycles. The van der Waals surface area contributed by atoms with Gasteiger partial charge < -0.3 is 19.3 Å². The van der Waals surface area contributed by atoms with Crippen LogP contribution in [-0.2, 0) is 40.0 Å². The summed E-state index contributed by atoms with van der Waals surface area (Å²) in [7, 11) is 0. The van der Waals surface area contributed by atoms with Gasteiger partial charge in [0.25, 0.3) is 0 Å². The molecule has 1 N–H and O–H groups in total. The Hall–Kier alpha value is -2.90. The van der Waals surface area contributed by atoms with Crippen molar-refractivity contribution in [3.63, 3.8) is 0 Å². The van der Waals surface area contributed by atoms with Crippen molar-refractivity contribution < 1.29 is 38.5 Å². The first kappa shape index (κ1) is 35.3. The van der Waals surface area contributed by atoms with Crippen LogP contribution in [0.1, 0.15) is 118 Å². The normalized spacial score (nSPS) is 22.6. The van der Waals surface area contributed by atoms with Gasteiger partial charge in [0.15, 0.2) is 0 Å². The van der Waals surface area contributed by atoms with Crippen LogP contribution >= 0.6 is 0 Å². The summed E-state index contributed by atoms with van der Waals surface area (Å²) in [6.45, 7) is 11.5. The molecule has 0 radical (unpaired) electrons. The summed E-state index contributed by atoms with van der Waals surface area (Å²) >= 11 is 0. The van der Waals surface area contributed by atoms with Crippen molar-refractivity contribution in [1.82, 2.24) is 0 Å². The minimum Gasteiger partial charge on any atom is -0.481 e. The van der Waals surface area contributed by atoms with Gasteiger partial charge in [0.2, 0.25) is 0 Å². The number of rotatable bonds is 9. The fraction of sp³-hybridized carbons (Fsp3) is 0.706. The minimum absolute atomic E-state index is 0.134. The van der Waals surface area contributed by atoms with Gasteiger partial charge in [-0.3, -0.25) is 19.2 Å². The van der Waals surface area contributed by atoms with E-state index in [9.17, 15) is 19.2 Å². The third-order valence-corrected chi connectivity index (χ3v) is 7.47. The van der Waals surface area contributed by atoms with Gasteiger partial charge in [-0.25, -0.2) is 0 Å². The Morgan fingerprint density at radius 2 is 1.14 bits per heavy atom. The number of ether oxygens (including phenoxy) is 3. The zero-order valence-corrected chi connectivity index (χ0v) is 26.5. The molecule has 2 fully saturated rings. The van der Waals surface area contributed by atoms with Crippen molar-refractivity contribution in [3.05, 3.63) is 35.9 Å². The Labute approximate surface area is 251 Å². The van der Waals surface area contributed by atoms with E-state index in [2.05, 4.69) is 0 Å². The molecule has 1 aromatic rings. The molecule has 3 rings (SSSR count). The van der Waals surface area contributed by atoms with E-state index < -0.39 is 17.2 Å². The summed E-state index contributed by atoms with van der Waals surface area (Å²) in [5.41, 5.74) is 0.104. The average molecular weight is 589 g/mol. The van der Waals surface area contributed by atoms with Crippen molar-refractivity contribution in [2.24, 2.45) is 23.7 Å². The third-order valence-electron chi connectivity index (χ3n) is 7.47. The molecule has 0 amide bonds. The van der Waals surface area contributed by atoms with Crippen LogP contribution in [0, 0.1) is 23.7 Å². The second kappa shape index (κ2) is 16.7. The van der Waals surface area contributed by atoms with Gasteiger partial charge in [0, 0.05) is 19.3 Å². The Balaban J connectivity index is 0.000000317. The van der Waals surface area contributed by atoms with Crippen LogP contribution in [0.4, 0.5) is 0 Å². The lowest BCUT2D eigenvalue weighted by Crippen LogP contribution is -2.28. The summed E-state index contributed by atoms with van der Waals surface area (Å²) in [6, 6.07) is 9.71. The van der Waals surface area contributed by atoms with Crippen LogP contribution in [0.15, 0.2) is 30.3 Å². The molecule has 2 aliphatic rings. The lowest BCUT2D eigenvalue weighted by atomic mass is 9.78. The minimum atomic E-state index is -0.737. The van der Waals surface area contributed by atoms with Crippen molar-refractivity contribution in [1.29, 1.82) is 0 Å². The summed E-state index contributed by atoms with van der Waals surface area (Å²) in [4.78, 5) is 46.6. The highest BCUT2D eigenvalue weighted by atomic mass is 16.6. The summed E-state index contributed by atoms with van der Waals surface area (Å²) in [5.74, 6) is -0.722. The van der Waals surface area contributed by atoms with Gasteiger partial charge in [-0.1, -0.05) is 43.2 Å². The van der Waals surface area contributed by atoms with E-state index in [0.717, 1.165) is 50.5 Å². The summed E-state index contributed by atoms with van der Waals surface area (Å²) < 4.78 is 16.0. The Bertz CT molecular complexity index is 1000. The van der Waals surface area contributed by atoms with Gasteiger partial charge in [-0.05, 0) is 103 Å². The van der Waals surface area contributed by atoms with E-state index in [-0.39, 0.29) is 29.7 Å². The predicted molar refractivity (Wildman–Crippen MR) is 160 cm³/mol. The largest absolute Gasteiger partial charge is 0.481 e. The number of benzene rings is 1. The Morgan fingerprint density at radius 1 is 0.690 bits per heavy atom. The smallest absolute Gasteiger partial charge is 0.306 e. The molecule has 0 saturated heterocycles. The van der Waals surface area contributed by atoms with Gasteiger partial charge in [0.1, 0.15) is 17.8 Å². The maximum absolute atomic E-state index is 12.1. The first-order valence-electron chi connectivity index (χ1n) is 15.5. The summed E-state index contributed by atoms with van der Waals surface area (Å²) in [5, 5.41) is 8.96. The topological polar surface area (TPSA) is 116 Å². The highest BCUT2D eigenvalue weighted by Gasteiger charge is 2.30. The fourth-order valence-corrected chi connectivity index (χ4v) is 5.74. The second-order valence-corrected chi connectivity index (χ2v) is 13.9. The van der Waals surface area contributed by atoms with Crippen LogP contribution in [0.2, 0.25) is 0 Å². The molecule has 4 atom stereocenters. The maximum Gasteiger partial charge on any atom is 0.306 e. The monoisotopic (exact) mass is 588 g/mol. The summed E-state index contributed by atoms with van der Waals surface area (Å²) in [6.07, 6.45) is 8.44. The number of carbonyl (C=O) groups excluding carboxylic acids is 3. The quantitative estimate of drug-likeness (QED) is 0.237. The highest BCUT2D eigenvalue weighted by Crippen LogP contribution is 2.34. The van der Waals surface area contributed by atoms with Crippen LogP contribution < -0.4 is 0 Å². The molecule has 0 aromatic heterocycles. The molecule has 0 bridgehead atoms. The standard InChI is InChI=1S/C21H30O4.C13H22O4/c1-21(2,3)25-20(23)14-18-11-7-10-17(12-18)13-19(22)24-15-16-8-5-4-6-9-16;1-13(2,3)17-11(14)8-9-5-4-6-10(7-9)12(15)16/h4-6,8-9,17-18H,7,10-15H2,1-3H3;9-10H,4-8H2,1-3H3,(H,15,16)/t17-,18+;9-,10+/m01/s1. The molecule has 0 spiro atoms. The molecular weight excluding hydrogens is 536 g/mol. The number of carbonyl (C=O) groups is 4. The lowest BCUT2D eigenvalue weighted by Gasteiger charge is -2.29. The predicted octanol–water partition coefficient (Wildman–Crippen LogP) is 7.27. The molecule has 0 heterocycles. The van der Waals surface area contributed by atoms with E-state index in [0.29, 0.717) is 44.1 Å². The van der Waals surface area contributed by atoms with Crippen LogP contribution in [0.5, 0.6) is 0 Å². The maximum atomic E-state index is 12.1. The highest BCUT2D eigenvalue weighted by molar-refractivity contribution is 5.72. The Kier molecular flexibility index (Phi) is 14.0. The number of esters is 3. The van der Waals surface area contributed by atoms with Crippen molar-refractivity contribution in [3.8, 4) is 0 Å². The van der Waals surface area contributed by atoms with E-state index in [1.54, 1.807) is 0 Å². The van der Waals surface area contributed by atoms with Gasteiger partial charge in [-0.15, -0.1) is 0 Å². The number of aliphatic carboxylic acids is 1. The molecule has 42 heavy (non-hydrogen) atoms. The van der Waals surface area contributed by atoms with Crippen LogP contribution in [-0.4, -0.2) is 40.2 Å². The molecule has 8 heteroatoms. The first-order chi connectivity index (χ1) is 19.6. The molecule has 0 unspecified atom stereocenters.